The van der Waals surface area contributed by atoms with Gasteiger partial charge in [0.05, 0.1) is 11.3 Å². The van der Waals surface area contributed by atoms with Crippen LogP contribution in [0.4, 0.5) is 19.0 Å². The Balaban J connectivity index is 2.19. The van der Waals surface area contributed by atoms with Crippen molar-refractivity contribution in [3.63, 3.8) is 0 Å². The highest BCUT2D eigenvalue weighted by Crippen LogP contribution is 2.38. The summed E-state index contributed by atoms with van der Waals surface area (Å²) in [6.07, 6.45) is -5.15. The van der Waals surface area contributed by atoms with Crippen molar-refractivity contribution in [2.24, 2.45) is 10.7 Å². The van der Waals surface area contributed by atoms with Crippen molar-refractivity contribution < 1.29 is 22.7 Å². The fraction of sp³-hybridized carbons (Fsp3) is 0.235. The molecule has 27 heavy (non-hydrogen) atoms. The van der Waals surface area contributed by atoms with Crippen LogP contribution in [-0.4, -0.2) is 30.1 Å². The second-order valence-corrected chi connectivity index (χ2v) is 6.01. The summed E-state index contributed by atoms with van der Waals surface area (Å²) in [5.74, 6) is -2.27. The van der Waals surface area contributed by atoms with Gasteiger partial charge in [-0.2, -0.15) is 13.2 Å². The summed E-state index contributed by atoms with van der Waals surface area (Å²) in [5, 5.41) is 5.65. The summed E-state index contributed by atoms with van der Waals surface area (Å²) in [5.41, 5.74) is 5.81. The predicted octanol–water partition coefficient (Wildman–Crippen LogP) is 2.35. The number of carbonyl (C=O) groups is 1. The third-order valence-electron chi connectivity index (χ3n) is 3.84. The van der Waals surface area contributed by atoms with Crippen LogP contribution in [-0.2, 0) is 10.5 Å². The lowest BCUT2D eigenvalue weighted by atomic mass is 9.98. The van der Waals surface area contributed by atoms with Crippen molar-refractivity contribution in [1.82, 2.24) is 10.3 Å². The number of pyridine rings is 1. The number of aromatic nitrogens is 1. The van der Waals surface area contributed by atoms with Crippen LogP contribution in [0.5, 0.6) is 5.75 Å². The number of fused-ring (bicyclic) bond motifs is 1. The van der Waals surface area contributed by atoms with E-state index in [4.69, 9.17) is 5.73 Å². The van der Waals surface area contributed by atoms with E-state index in [0.29, 0.717) is 11.3 Å². The Hall–Kier alpha value is -3.14. The molecule has 1 aromatic carbocycles. The van der Waals surface area contributed by atoms with E-state index in [1.54, 1.807) is 30.3 Å². The summed E-state index contributed by atoms with van der Waals surface area (Å²) in [7, 11) is 1.50. The Morgan fingerprint density at radius 3 is 2.56 bits per heavy atom. The molecule has 7 nitrogen and oxygen atoms in total. The van der Waals surface area contributed by atoms with Gasteiger partial charge in [0.1, 0.15) is 17.2 Å². The number of guanidine groups is 1. The van der Waals surface area contributed by atoms with Gasteiger partial charge in [-0.3, -0.25) is 4.99 Å². The molecule has 0 radical (unpaired) electrons. The van der Waals surface area contributed by atoms with Crippen LogP contribution in [0.3, 0.4) is 0 Å². The fourth-order valence-electron chi connectivity index (χ4n) is 2.67. The molecule has 0 fully saturated rings. The number of hydrogen-bond donors (Lipinski definition) is 3. The molecule has 0 aliphatic carbocycles. The number of halogens is 3. The third kappa shape index (κ3) is 3.70. The van der Waals surface area contributed by atoms with Crippen LogP contribution in [0.2, 0.25) is 0 Å². The topological polar surface area (TPSA) is 102 Å². The molecule has 2 aromatic rings. The number of carbonyl (C=O) groups excluding carboxylic acids is 1. The lowest BCUT2D eigenvalue weighted by Gasteiger charge is -2.36. The Bertz CT molecular complexity index is 911. The number of nitrogens with two attached hydrogens (primary N) is 1. The van der Waals surface area contributed by atoms with Gasteiger partial charge < -0.3 is 21.1 Å². The Morgan fingerprint density at radius 2 is 1.96 bits per heavy atom. The zero-order valence-corrected chi connectivity index (χ0v) is 14.4. The minimum atomic E-state index is -5.15. The highest BCUT2D eigenvalue weighted by atomic mass is 19.4. The second-order valence-electron chi connectivity index (χ2n) is 6.01. The molecule has 10 heteroatoms. The molecule has 0 spiro atoms. The quantitative estimate of drug-likeness (QED) is 0.693. The highest BCUT2D eigenvalue weighted by molar-refractivity contribution is 5.97. The maximum absolute atomic E-state index is 12.7. The number of rotatable bonds is 2. The molecule has 142 valence electrons. The van der Waals surface area contributed by atoms with E-state index < -0.39 is 17.8 Å². The smallest absolute Gasteiger partial charge is 0.419 e. The first-order valence-corrected chi connectivity index (χ1v) is 7.82. The summed E-state index contributed by atoms with van der Waals surface area (Å²) in [6, 6.07) is 9.98. The number of anilines is 1. The van der Waals surface area contributed by atoms with E-state index in [1.807, 2.05) is 0 Å². The first kappa shape index (κ1) is 18.6. The molecule has 0 saturated heterocycles. The first-order valence-electron chi connectivity index (χ1n) is 7.82. The summed E-state index contributed by atoms with van der Waals surface area (Å²) in [4.78, 5) is 19.8. The van der Waals surface area contributed by atoms with Crippen LogP contribution >= 0.6 is 0 Å². The molecular formula is C17H16F3N5O2. The normalized spacial score (nSPS) is 20.4. The van der Waals surface area contributed by atoms with Crippen molar-refractivity contribution in [1.29, 1.82) is 0 Å². The van der Waals surface area contributed by atoms with E-state index in [0.717, 1.165) is 0 Å². The number of ether oxygens (including phenoxy) is 1. The average Bonchev–Trinajstić information content (AvgIpc) is 2.60. The van der Waals surface area contributed by atoms with Gasteiger partial charge in [0.15, 0.2) is 5.96 Å². The Labute approximate surface area is 152 Å². The van der Waals surface area contributed by atoms with Crippen LogP contribution in [0.15, 0.2) is 41.4 Å². The third-order valence-corrected chi connectivity index (χ3v) is 3.84. The monoisotopic (exact) mass is 379 g/mol. The number of aliphatic imine (C=N–C) groups is 1. The second kappa shape index (κ2) is 6.54. The molecule has 1 unspecified atom stereocenters. The van der Waals surface area contributed by atoms with Crippen LogP contribution < -0.4 is 21.1 Å². The van der Waals surface area contributed by atoms with E-state index in [9.17, 15) is 18.0 Å². The van der Waals surface area contributed by atoms with Gasteiger partial charge >= 0.3 is 12.1 Å². The minimum absolute atomic E-state index is 0.0761. The fourth-order valence-corrected chi connectivity index (χ4v) is 2.67. The number of alkyl halides is 3. The molecule has 3 rings (SSSR count). The van der Waals surface area contributed by atoms with Gasteiger partial charge in [0, 0.05) is 18.7 Å². The van der Waals surface area contributed by atoms with Gasteiger partial charge in [-0.25, -0.2) is 9.78 Å². The predicted molar refractivity (Wildman–Crippen MR) is 93.0 cm³/mol. The molecule has 1 atom stereocenters. The molecule has 0 amide bonds. The van der Waals surface area contributed by atoms with Gasteiger partial charge in [0.2, 0.25) is 0 Å². The van der Waals surface area contributed by atoms with E-state index in [1.165, 1.54) is 20.0 Å². The van der Waals surface area contributed by atoms with Crippen molar-refractivity contribution in [3.8, 4) is 17.0 Å². The van der Waals surface area contributed by atoms with Crippen LogP contribution in [0.1, 0.15) is 12.5 Å². The molecule has 0 bridgehead atoms. The number of nitrogens with zero attached hydrogens (tertiary/aromatic N) is 2. The van der Waals surface area contributed by atoms with Gasteiger partial charge in [-0.1, -0.05) is 30.3 Å². The van der Waals surface area contributed by atoms with Gasteiger partial charge in [-0.05, 0) is 6.92 Å². The Kier molecular flexibility index (Phi) is 4.52. The molecular weight excluding hydrogens is 363 g/mol. The van der Waals surface area contributed by atoms with Crippen molar-refractivity contribution in [2.45, 2.75) is 18.8 Å². The summed E-state index contributed by atoms with van der Waals surface area (Å²) >= 11 is 0. The molecule has 2 heterocycles. The summed E-state index contributed by atoms with van der Waals surface area (Å²) < 4.78 is 42.8. The molecule has 1 aliphatic heterocycles. The van der Waals surface area contributed by atoms with Crippen LogP contribution in [0, 0.1) is 0 Å². The maximum atomic E-state index is 12.7. The molecule has 1 aliphatic rings. The first-order chi connectivity index (χ1) is 12.6. The van der Waals surface area contributed by atoms with Crippen molar-refractivity contribution in [2.75, 3.05) is 12.4 Å². The number of benzene rings is 1. The minimum Gasteiger partial charge on any atom is -0.419 e. The van der Waals surface area contributed by atoms with E-state index >= 15 is 0 Å². The standard InChI is InChI=1S/C17H16F3N5O2/c1-16(21)12-11(27-14(26)17(18,19)20)8-10(9-6-4-3-5-7-9)23-13(12)24-15(22-2)25-16/h3-8H,21H2,1-2H3,(H2,22,23,24,25). The number of esters is 1. The van der Waals surface area contributed by atoms with Gasteiger partial charge in [-0.15, -0.1) is 0 Å². The lowest BCUT2D eigenvalue weighted by molar-refractivity contribution is -0.189. The number of hydrogen-bond acceptors (Lipinski definition) is 5. The highest BCUT2D eigenvalue weighted by Gasteiger charge is 2.43. The summed E-state index contributed by atoms with van der Waals surface area (Å²) in [6.45, 7) is 1.51. The van der Waals surface area contributed by atoms with E-state index in [2.05, 4.69) is 25.3 Å². The molecule has 1 aromatic heterocycles. The molecule has 0 saturated carbocycles. The largest absolute Gasteiger partial charge is 0.491 e. The van der Waals surface area contributed by atoms with Crippen LogP contribution in [0.25, 0.3) is 11.3 Å². The average molecular weight is 379 g/mol. The SMILES string of the molecule is CN=C1Nc2nc(-c3ccccc3)cc(OC(=O)C(F)(F)F)c2C(C)(N)N1. The molecule has 4 N–H and O–H groups in total. The van der Waals surface area contributed by atoms with Gasteiger partial charge in [0.25, 0.3) is 0 Å². The zero-order chi connectivity index (χ0) is 19.8. The van der Waals surface area contributed by atoms with Crippen molar-refractivity contribution in [3.05, 3.63) is 42.0 Å². The number of nitrogens with one attached hydrogen (secondary N) is 2. The Morgan fingerprint density at radius 1 is 1.30 bits per heavy atom. The van der Waals surface area contributed by atoms with E-state index in [-0.39, 0.29) is 23.1 Å². The van der Waals surface area contributed by atoms with Crippen molar-refractivity contribution >= 4 is 17.7 Å². The lowest BCUT2D eigenvalue weighted by Crippen LogP contribution is -2.56. The zero-order valence-electron chi connectivity index (χ0n) is 14.4. The maximum Gasteiger partial charge on any atom is 0.491 e.